The van der Waals surface area contributed by atoms with Crippen LogP contribution in [0.2, 0.25) is 0 Å². The molecule has 0 amide bonds. The highest BCUT2D eigenvalue weighted by atomic mass is 31.0. The van der Waals surface area contributed by atoms with Crippen LogP contribution in [0.4, 0.5) is 26.3 Å². The maximum atomic E-state index is 12.7. The Labute approximate surface area is 210 Å². The zero-order valence-corrected chi connectivity index (χ0v) is 21.5. The summed E-state index contributed by atoms with van der Waals surface area (Å²) in [6, 6.07) is 6.48. The van der Waals surface area contributed by atoms with Gasteiger partial charge in [-0.15, -0.1) is 0 Å². The summed E-state index contributed by atoms with van der Waals surface area (Å²) in [6.07, 6.45) is -6.26. The Morgan fingerprint density at radius 3 is 2.08 bits per heavy atom. The Balaban J connectivity index is 0. The minimum Gasteiger partial charge on any atom is -0.412 e. The van der Waals surface area contributed by atoms with E-state index < -0.39 is 30.3 Å². The van der Waals surface area contributed by atoms with E-state index in [1.807, 2.05) is 0 Å². The van der Waals surface area contributed by atoms with Crippen molar-refractivity contribution in [3.05, 3.63) is 58.2 Å². The summed E-state index contributed by atoms with van der Waals surface area (Å²) in [5.41, 5.74) is 2.95. The molecule has 1 aromatic rings. The number of alkyl halides is 6. The first kappa shape index (κ1) is 36.4. The number of benzene rings is 1. The molecule has 6 N–H and O–H groups in total. The summed E-state index contributed by atoms with van der Waals surface area (Å²) in [4.78, 5) is 0. The topological polar surface area (TPSA) is 106 Å². The second-order valence-corrected chi connectivity index (χ2v) is 8.20. The fourth-order valence-electron chi connectivity index (χ4n) is 3.38. The first-order valence-electron chi connectivity index (χ1n) is 11.2. The number of rotatable bonds is 9. The molecule has 0 fully saturated rings. The Bertz CT molecular complexity index is 813. The summed E-state index contributed by atoms with van der Waals surface area (Å²) in [5.74, 6) is -2.07. The summed E-state index contributed by atoms with van der Waals surface area (Å²) in [7, 11) is 1.72. The van der Waals surface area contributed by atoms with Crippen molar-refractivity contribution in [1.82, 2.24) is 0 Å². The first-order chi connectivity index (χ1) is 16.4. The van der Waals surface area contributed by atoms with Gasteiger partial charge in [0.1, 0.15) is 9.12 Å². The highest BCUT2D eigenvalue weighted by Crippen LogP contribution is 2.42. The molecule has 2 rings (SSSR count). The van der Waals surface area contributed by atoms with Gasteiger partial charge >= 0.3 is 12.4 Å². The largest absolute Gasteiger partial charge is 0.412 e. The molecular formula is C24H37F6NO4P+. The zero-order valence-electron chi connectivity index (χ0n) is 20.5. The first-order valence-corrected chi connectivity index (χ1v) is 11.6. The molecule has 1 atom stereocenters. The summed E-state index contributed by atoms with van der Waals surface area (Å²) < 4.78 is 84.1. The molecule has 0 radical (unpaired) electrons. The van der Waals surface area contributed by atoms with E-state index in [2.05, 4.69) is 32.0 Å². The van der Waals surface area contributed by atoms with Crippen molar-refractivity contribution in [2.45, 2.75) is 58.3 Å². The van der Waals surface area contributed by atoms with Crippen LogP contribution in [0.5, 0.6) is 0 Å². The maximum absolute atomic E-state index is 12.7. The van der Waals surface area contributed by atoms with Gasteiger partial charge in [0.05, 0.1) is 25.6 Å². The van der Waals surface area contributed by atoms with E-state index in [1.165, 1.54) is 16.7 Å². The number of aliphatic hydroxyl groups excluding tert-OH is 2. The third-order valence-corrected chi connectivity index (χ3v) is 5.40. The van der Waals surface area contributed by atoms with E-state index in [4.69, 9.17) is 14.8 Å². The molecule has 1 aliphatic rings. The van der Waals surface area contributed by atoms with Gasteiger partial charge < -0.3 is 21.0 Å². The Morgan fingerprint density at radius 2 is 1.58 bits per heavy atom. The minimum absolute atomic E-state index is 0. The van der Waals surface area contributed by atoms with Crippen LogP contribution in [0.15, 0.2) is 41.5 Å². The van der Waals surface area contributed by atoms with Crippen molar-refractivity contribution in [2.24, 2.45) is 5.92 Å². The molecule has 12 heteroatoms. The molecule has 36 heavy (non-hydrogen) atoms. The average molecular weight is 549 g/mol. The van der Waals surface area contributed by atoms with Crippen LogP contribution in [-0.2, 0) is 11.0 Å². The normalized spacial score (nSPS) is 15.3. The fraction of sp³-hybridized carbons (Fsp3) is 0.583. The van der Waals surface area contributed by atoms with Crippen LogP contribution in [-0.4, -0.2) is 54.3 Å². The van der Waals surface area contributed by atoms with E-state index >= 15 is 0 Å². The second kappa shape index (κ2) is 18.5. The van der Waals surface area contributed by atoms with Crippen LogP contribution in [0.3, 0.4) is 0 Å². The van der Waals surface area contributed by atoms with Gasteiger partial charge in [0.2, 0.25) is 0 Å². The molecule has 0 aromatic heterocycles. The molecule has 1 aliphatic carbocycles. The molecule has 208 valence electrons. The van der Waals surface area contributed by atoms with Gasteiger partial charge in [-0.3, -0.25) is 4.57 Å². The van der Waals surface area contributed by atoms with Gasteiger partial charge in [-0.05, 0) is 56.2 Å². The number of aryl methyl sites for hydroxylation is 3. The number of nitrogens with two attached hydrogens (primary N) is 1. The van der Waals surface area contributed by atoms with E-state index in [0.29, 0.717) is 19.5 Å². The van der Waals surface area contributed by atoms with Crippen LogP contribution >= 0.6 is 9.12 Å². The van der Waals surface area contributed by atoms with Gasteiger partial charge in [0.15, 0.2) is 0 Å². The lowest BCUT2D eigenvalue weighted by atomic mass is 9.88. The van der Waals surface area contributed by atoms with Gasteiger partial charge in [0.25, 0.3) is 0 Å². The molecule has 1 unspecified atom stereocenters. The molecule has 5 nitrogen and oxygen atoms in total. The number of halogens is 6. The number of quaternary nitrogens is 1. The summed E-state index contributed by atoms with van der Waals surface area (Å²) >= 11 is 0. The van der Waals surface area contributed by atoms with Gasteiger partial charge in [-0.2, -0.15) is 26.3 Å². The molecule has 0 aliphatic heterocycles. The van der Waals surface area contributed by atoms with Crippen LogP contribution < -0.4 is 5.32 Å². The Kier molecular flexibility index (Phi) is 18.7. The number of aliphatic hydroxyl groups is 2. The van der Waals surface area contributed by atoms with E-state index in [0.717, 1.165) is 25.0 Å². The Hall–Kier alpha value is -1.78. The number of hydrogen-bond acceptors (Lipinski definition) is 3. The quantitative estimate of drug-likeness (QED) is 0.245. The van der Waals surface area contributed by atoms with Crippen molar-refractivity contribution in [2.75, 3.05) is 26.3 Å². The number of hydrogen-bond donors (Lipinski definition) is 3. The fourth-order valence-corrected chi connectivity index (χ4v) is 3.38. The van der Waals surface area contributed by atoms with Crippen LogP contribution in [0, 0.1) is 19.8 Å². The van der Waals surface area contributed by atoms with Gasteiger partial charge in [-0.25, -0.2) is 0 Å². The monoisotopic (exact) mass is 548 g/mol. The summed E-state index contributed by atoms with van der Waals surface area (Å²) in [5, 5.41) is 19.0. The average Bonchev–Trinajstić information content (AvgIpc) is 2.80. The third-order valence-electron chi connectivity index (χ3n) is 5.40. The molecule has 0 saturated carbocycles. The number of allylic oxidation sites excluding steroid dienone is 4. The van der Waals surface area contributed by atoms with Crippen molar-refractivity contribution < 1.29 is 51.9 Å². The van der Waals surface area contributed by atoms with Crippen molar-refractivity contribution in [3.63, 3.8) is 0 Å². The molecule has 1 aromatic carbocycles. The van der Waals surface area contributed by atoms with Crippen LogP contribution in [0.25, 0.3) is 0 Å². The second-order valence-electron chi connectivity index (χ2n) is 8.20. The van der Waals surface area contributed by atoms with E-state index in [1.54, 1.807) is 14.4 Å². The predicted octanol–water partition coefficient (Wildman–Crippen LogP) is 4.20. The lowest BCUT2D eigenvalue weighted by Crippen LogP contribution is -2.85. The molecule has 0 bridgehead atoms. The highest BCUT2D eigenvalue weighted by molar-refractivity contribution is 7.00. The lowest BCUT2D eigenvalue weighted by molar-refractivity contribution is -0.656. The third kappa shape index (κ3) is 14.7. The zero-order chi connectivity index (χ0) is 27.1. The Morgan fingerprint density at radius 1 is 0.944 bits per heavy atom. The van der Waals surface area contributed by atoms with Crippen molar-refractivity contribution in [1.29, 1.82) is 0 Å². The smallest absolute Gasteiger partial charge is 0.412 e. The SMILES string of the molecule is Cc1ccc(CCCO)cc1C.O.O=P.OCC[NH2+]CCCC1=CC(C(F)(F)F)CC(C(F)(F)F)=C1. The predicted molar refractivity (Wildman–Crippen MR) is 128 cm³/mol. The molecular weight excluding hydrogens is 511 g/mol. The summed E-state index contributed by atoms with van der Waals surface area (Å²) in [6.45, 7) is 5.52. The highest BCUT2D eigenvalue weighted by Gasteiger charge is 2.45. The minimum atomic E-state index is -4.73. The molecule has 0 spiro atoms. The lowest BCUT2D eigenvalue weighted by Gasteiger charge is -2.25. The van der Waals surface area contributed by atoms with Crippen LogP contribution in [0.1, 0.15) is 42.4 Å². The van der Waals surface area contributed by atoms with Crippen molar-refractivity contribution in [3.8, 4) is 0 Å². The molecule has 0 saturated heterocycles. The van der Waals surface area contributed by atoms with Crippen molar-refractivity contribution >= 4 is 9.12 Å². The van der Waals surface area contributed by atoms with E-state index in [-0.39, 0.29) is 30.7 Å². The maximum Gasteiger partial charge on any atom is 0.412 e. The van der Waals surface area contributed by atoms with Gasteiger partial charge in [-0.1, -0.05) is 35.9 Å². The van der Waals surface area contributed by atoms with E-state index in [9.17, 15) is 26.3 Å². The molecule has 0 heterocycles. The van der Waals surface area contributed by atoms with Gasteiger partial charge in [0, 0.05) is 18.6 Å². The standard InChI is InChI=1S/C13H17F6NO.C11H16O.HOP.H2O/c14-12(15,16)10-6-9(2-1-3-20-4-5-21)7-11(8-10)13(17,18)19;1-9-5-6-11(4-3-7-12)8-10(9)2;1-2;/h6-7,10,20-21H,1-5,8H2;5-6,8,12H,3-4,7H2,1-2H3;2H;1H2/p+1.